The second kappa shape index (κ2) is 6.06. The zero-order valence-electron chi connectivity index (χ0n) is 10.3. The molecule has 0 saturated heterocycles. The molecule has 1 aromatic carbocycles. The van der Waals surface area contributed by atoms with Crippen molar-refractivity contribution in [1.29, 1.82) is 0 Å². The van der Waals surface area contributed by atoms with E-state index in [9.17, 15) is 14.9 Å². The molecule has 0 atom stereocenters. The number of carbonyl (C=O) groups excluding carboxylic acids is 1. The molecule has 108 valence electrons. The van der Waals surface area contributed by atoms with Crippen molar-refractivity contribution in [3.8, 4) is 11.5 Å². The van der Waals surface area contributed by atoms with Gasteiger partial charge in [0, 0.05) is 6.07 Å². The average molecular weight is 284 g/mol. The van der Waals surface area contributed by atoms with Crippen molar-refractivity contribution in [2.24, 2.45) is 0 Å². The number of amides is 1. The van der Waals surface area contributed by atoms with Crippen molar-refractivity contribution < 1.29 is 29.0 Å². The Kier molecular flexibility index (Phi) is 4.20. The number of ether oxygens (including phenoxy) is 3. The molecule has 0 fully saturated rings. The van der Waals surface area contributed by atoms with Gasteiger partial charge in [-0.25, -0.2) is 4.79 Å². The third-order valence-electron chi connectivity index (χ3n) is 2.42. The predicted molar refractivity (Wildman–Crippen MR) is 66.1 cm³/mol. The van der Waals surface area contributed by atoms with Crippen molar-refractivity contribution in [2.45, 2.75) is 0 Å². The fourth-order valence-corrected chi connectivity index (χ4v) is 1.61. The zero-order chi connectivity index (χ0) is 14.5. The number of benzene rings is 1. The summed E-state index contributed by atoms with van der Waals surface area (Å²) in [7, 11) is 0. The lowest BCUT2D eigenvalue weighted by Gasteiger charge is -2.19. The van der Waals surface area contributed by atoms with Crippen LogP contribution in [0.15, 0.2) is 12.1 Å². The van der Waals surface area contributed by atoms with Crippen molar-refractivity contribution in [3.63, 3.8) is 0 Å². The lowest BCUT2D eigenvalue weighted by molar-refractivity contribution is -0.384. The molecule has 20 heavy (non-hydrogen) atoms. The predicted octanol–water partition coefficient (Wildman–Crippen LogP) is 0.907. The molecule has 2 rings (SSSR count). The van der Waals surface area contributed by atoms with Crippen LogP contribution in [0.2, 0.25) is 0 Å². The Balaban J connectivity index is 2.25. The Bertz CT molecular complexity index is 532. The van der Waals surface area contributed by atoms with Crippen LogP contribution in [0.5, 0.6) is 11.5 Å². The summed E-state index contributed by atoms with van der Waals surface area (Å²) < 4.78 is 15.1. The van der Waals surface area contributed by atoms with Crippen LogP contribution >= 0.6 is 0 Å². The highest BCUT2D eigenvalue weighted by Gasteiger charge is 2.23. The maximum absolute atomic E-state index is 11.4. The van der Waals surface area contributed by atoms with Gasteiger partial charge < -0.3 is 19.3 Å². The maximum Gasteiger partial charge on any atom is 0.411 e. The van der Waals surface area contributed by atoms with Gasteiger partial charge in [0.1, 0.15) is 25.5 Å². The van der Waals surface area contributed by atoms with Crippen LogP contribution in [0, 0.1) is 10.1 Å². The molecule has 0 spiro atoms. The molecule has 0 bridgehead atoms. The smallest absolute Gasteiger partial charge is 0.411 e. The van der Waals surface area contributed by atoms with Gasteiger partial charge in [0.2, 0.25) is 0 Å². The second-order valence-corrected chi connectivity index (χ2v) is 3.75. The Hall–Kier alpha value is -2.55. The topological polar surface area (TPSA) is 120 Å². The molecule has 9 heteroatoms. The van der Waals surface area contributed by atoms with Crippen LogP contribution in [0.4, 0.5) is 16.2 Å². The summed E-state index contributed by atoms with van der Waals surface area (Å²) in [5.41, 5.74) is -0.405. The number of hydrogen-bond donors (Lipinski definition) is 2. The number of nitrogens with zero attached hydrogens (tertiary/aromatic N) is 1. The normalized spacial score (nSPS) is 12.7. The van der Waals surface area contributed by atoms with Gasteiger partial charge in [0.05, 0.1) is 17.6 Å². The molecule has 0 radical (unpaired) electrons. The van der Waals surface area contributed by atoms with E-state index in [1.54, 1.807) is 0 Å². The first kappa shape index (κ1) is 13.9. The first-order valence-corrected chi connectivity index (χ1v) is 5.74. The Morgan fingerprint density at radius 3 is 2.65 bits per heavy atom. The molecule has 1 aromatic rings. The molecular weight excluding hydrogens is 272 g/mol. The molecule has 1 heterocycles. The van der Waals surface area contributed by atoms with Gasteiger partial charge in [-0.05, 0) is 0 Å². The van der Waals surface area contributed by atoms with Gasteiger partial charge in [-0.1, -0.05) is 0 Å². The number of nitro groups is 1. The number of nitrogens with one attached hydrogen (secondary N) is 1. The van der Waals surface area contributed by atoms with E-state index < -0.39 is 11.0 Å². The average Bonchev–Trinajstić information content (AvgIpc) is 2.44. The van der Waals surface area contributed by atoms with Crippen molar-refractivity contribution in [3.05, 3.63) is 22.2 Å². The highest BCUT2D eigenvalue weighted by atomic mass is 16.6. The molecule has 0 aromatic heterocycles. The monoisotopic (exact) mass is 284 g/mol. The van der Waals surface area contributed by atoms with Gasteiger partial charge in [0.25, 0.3) is 5.69 Å². The molecule has 0 aliphatic carbocycles. The van der Waals surface area contributed by atoms with Crippen LogP contribution in [0.1, 0.15) is 0 Å². The number of hydrogen-bond acceptors (Lipinski definition) is 7. The fraction of sp³-hybridized carbons (Fsp3) is 0.364. The van der Waals surface area contributed by atoms with Crippen LogP contribution in [0.25, 0.3) is 0 Å². The van der Waals surface area contributed by atoms with E-state index in [1.165, 1.54) is 12.1 Å². The molecule has 1 aliphatic heterocycles. The van der Waals surface area contributed by atoms with E-state index in [1.807, 2.05) is 0 Å². The summed E-state index contributed by atoms with van der Waals surface area (Å²) in [6.45, 7) is 0.0789. The van der Waals surface area contributed by atoms with E-state index in [4.69, 9.17) is 14.6 Å². The molecule has 0 unspecified atom stereocenters. The summed E-state index contributed by atoms with van der Waals surface area (Å²) in [5, 5.41) is 21.7. The van der Waals surface area contributed by atoms with Crippen molar-refractivity contribution in [2.75, 3.05) is 31.7 Å². The van der Waals surface area contributed by atoms with Crippen LogP contribution < -0.4 is 14.8 Å². The first-order chi connectivity index (χ1) is 9.61. The minimum absolute atomic E-state index is 0.0674. The Morgan fingerprint density at radius 1 is 1.40 bits per heavy atom. The second-order valence-electron chi connectivity index (χ2n) is 3.75. The largest absolute Gasteiger partial charge is 0.486 e. The van der Waals surface area contributed by atoms with E-state index in [0.29, 0.717) is 19.0 Å². The van der Waals surface area contributed by atoms with Crippen LogP contribution in [-0.4, -0.2) is 42.6 Å². The van der Waals surface area contributed by atoms with E-state index >= 15 is 0 Å². The summed E-state index contributed by atoms with van der Waals surface area (Å²) in [6.07, 6.45) is -0.904. The summed E-state index contributed by atoms with van der Waals surface area (Å²) >= 11 is 0. The minimum atomic E-state index is -0.904. The zero-order valence-corrected chi connectivity index (χ0v) is 10.3. The lowest BCUT2D eigenvalue weighted by atomic mass is 10.2. The van der Waals surface area contributed by atoms with Gasteiger partial charge in [0.15, 0.2) is 11.5 Å². The fourth-order valence-electron chi connectivity index (χ4n) is 1.61. The molecule has 9 nitrogen and oxygen atoms in total. The molecule has 2 N–H and O–H groups in total. The molecule has 0 saturated carbocycles. The van der Waals surface area contributed by atoms with Crippen molar-refractivity contribution >= 4 is 17.5 Å². The highest BCUT2D eigenvalue weighted by Crippen LogP contribution is 2.39. The van der Waals surface area contributed by atoms with Gasteiger partial charge in [-0.15, -0.1) is 0 Å². The standard InChI is InChI=1S/C11H12N2O7/c14-1-2-20-11(15)12-7-5-9-10(19-4-3-18-9)6-8(7)13(16)17/h5-6,14H,1-4H2,(H,12,15). The van der Waals surface area contributed by atoms with E-state index in [2.05, 4.69) is 10.1 Å². The number of aliphatic hydroxyl groups is 1. The minimum Gasteiger partial charge on any atom is -0.486 e. The molecular formula is C11H12N2O7. The summed E-state index contributed by atoms with van der Waals surface area (Å²) in [5.74, 6) is 0.552. The number of nitro benzene ring substituents is 1. The summed E-state index contributed by atoms with van der Waals surface area (Å²) in [6, 6.07) is 2.48. The Morgan fingerprint density at radius 2 is 2.05 bits per heavy atom. The molecule has 1 amide bonds. The van der Waals surface area contributed by atoms with Crippen LogP contribution in [0.3, 0.4) is 0 Å². The summed E-state index contributed by atoms with van der Waals surface area (Å²) in [4.78, 5) is 21.7. The number of carbonyl (C=O) groups is 1. The van der Waals surface area contributed by atoms with Gasteiger partial charge >= 0.3 is 6.09 Å². The van der Waals surface area contributed by atoms with E-state index in [-0.39, 0.29) is 30.3 Å². The third kappa shape index (κ3) is 3.06. The number of rotatable bonds is 4. The number of anilines is 1. The Labute approximate surface area is 113 Å². The van der Waals surface area contributed by atoms with Crippen molar-refractivity contribution in [1.82, 2.24) is 0 Å². The maximum atomic E-state index is 11.4. The van der Waals surface area contributed by atoms with Crippen LogP contribution in [-0.2, 0) is 4.74 Å². The third-order valence-corrected chi connectivity index (χ3v) is 2.42. The number of fused-ring (bicyclic) bond motifs is 1. The highest BCUT2D eigenvalue weighted by molar-refractivity contribution is 5.89. The molecule has 1 aliphatic rings. The SMILES string of the molecule is O=C(Nc1cc2c(cc1[N+](=O)[O-])OCCO2)OCCO. The van der Waals surface area contributed by atoms with E-state index in [0.717, 1.165) is 0 Å². The van der Waals surface area contributed by atoms with Gasteiger partial charge in [-0.2, -0.15) is 0 Å². The lowest BCUT2D eigenvalue weighted by Crippen LogP contribution is -2.18. The van der Waals surface area contributed by atoms with Gasteiger partial charge in [-0.3, -0.25) is 15.4 Å². The quantitative estimate of drug-likeness (QED) is 0.622. The number of aliphatic hydroxyl groups excluding tert-OH is 1. The first-order valence-electron chi connectivity index (χ1n) is 5.74.